The SMILES string of the molecule is CNS(=O)(=O)C(C)N(C)C.Cl. The van der Waals surface area contributed by atoms with Crippen molar-refractivity contribution in [2.45, 2.75) is 12.3 Å². The third kappa shape index (κ3) is 3.91. The van der Waals surface area contributed by atoms with Crippen LogP contribution in [0.15, 0.2) is 0 Å². The molecule has 0 rings (SSSR count). The second kappa shape index (κ2) is 4.92. The van der Waals surface area contributed by atoms with Gasteiger partial charge in [-0.25, -0.2) is 13.1 Å². The second-order valence-electron chi connectivity index (χ2n) is 2.31. The predicted molar refractivity (Wildman–Crippen MR) is 48.4 cm³/mol. The number of hydrogen-bond acceptors (Lipinski definition) is 3. The van der Waals surface area contributed by atoms with Crippen LogP contribution in [0.1, 0.15) is 6.92 Å². The van der Waals surface area contributed by atoms with E-state index in [-0.39, 0.29) is 12.4 Å². The molecule has 0 heterocycles. The summed E-state index contributed by atoms with van der Waals surface area (Å²) in [5, 5.41) is -0.475. The van der Waals surface area contributed by atoms with E-state index in [4.69, 9.17) is 0 Å². The van der Waals surface area contributed by atoms with E-state index in [1.807, 2.05) is 0 Å². The van der Waals surface area contributed by atoms with Crippen LogP contribution in [0.2, 0.25) is 0 Å². The Balaban J connectivity index is 0. The molecule has 6 heteroatoms. The number of nitrogens with one attached hydrogen (secondary N) is 1. The Morgan fingerprint density at radius 2 is 1.73 bits per heavy atom. The molecule has 0 aromatic heterocycles. The van der Waals surface area contributed by atoms with Crippen molar-refractivity contribution in [3.05, 3.63) is 0 Å². The minimum absolute atomic E-state index is 0. The highest BCUT2D eigenvalue weighted by Crippen LogP contribution is 1.98. The summed E-state index contributed by atoms with van der Waals surface area (Å²) in [7, 11) is 1.73. The highest BCUT2D eigenvalue weighted by molar-refractivity contribution is 7.90. The van der Waals surface area contributed by atoms with Crippen LogP contribution in [0.25, 0.3) is 0 Å². The first-order valence-corrected chi connectivity index (χ1v) is 4.55. The maximum absolute atomic E-state index is 11.0. The van der Waals surface area contributed by atoms with Crippen LogP contribution in [0.4, 0.5) is 0 Å². The summed E-state index contributed by atoms with van der Waals surface area (Å²) in [5.74, 6) is 0. The van der Waals surface area contributed by atoms with Crippen molar-refractivity contribution in [1.82, 2.24) is 9.62 Å². The molecule has 0 amide bonds. The molecule has 0 aliphatic carbocycles. The zero-order valence-corrected chi connectivity index (χ0v) is 8.79. The summed E-state index contributed by atoms with van der Waals surface area (Å²) >= 11 is 0. The fourth-order valence-electron chi connectivity index (χ4n) is 0.448. The van der Waals surface area contributed by atoms with Crippen LogP contribution in [0.3, 0.4) is 0 Å². The first-order valence-electron chi connectivity index (χ1n) is 3.00. The van der Waals surface area contributed by atoms with E-state index in [0.717, 1.165) is 0 Å². The van der Waals surface area contributed by atoms with Crippen LogP contribution in [-0.2, 0) is 10.0 Å². The minimum atomic E-state index is -3.12. The van der Waals surface area contributed by atoms with E-state index in [0.29, 0.717) is 0 Å². The number of nitrogens with zero attached hydrogens (tertiary/aromatic N) is 1. The first-order chi connectivity index (χ1) is 4.41. The van der Waals surface area contributed by atoms with E-state index in [2.05, 4.69) is 4.72 Å². The maximum Gasteiger partial charge on any atom is 0.227 e. The van der Waals surface area contributed by atoms with Gasteiger partial charge >= 0.3 is 0 Å². The normalized spacial score (nSPS) is 14.3. The smallest absolute Gasteiger partial charge is 0.227 e. The highest BCUT2D eigenvalue weighted by Gasteiger charge is 2.19. The molecule has 4 nitrogen and oxygen atoms in total. The number of rotatable bonds is 3. The molecule has 1 unspecified atom stereocenters. The molecule has 70 valence electrons. The molecule has 0 saturated carbocycles. The van der Waals surface area contributed by atoms with Crippen LogP contribution < -0.4 is 4.72 Å². The molecule has 0 aliphatic heterocycles. The Labute approximate surface area is 74.4 Å². The average molecular weight is 203 g/mol. The van der Waals surface area contributed by atoms with Crippen molar-refractivity contribution in [3.8, 4) is 0 Å². The standard InChI is InChI=1S/C5H14N2O2S.ClH/c1-5(7(3)4)10(8,9)6-2;/h5-6H,1-4H3;1H. The summed E-state index contributed by atoms with van der Waals surface area (Å²) in [5.41, 5.74) is 0. The van der Waals surface area contributed by atoms with Crippen molar-refractivity contribution in [2.75, 3.05) is 21.1 Å². The quantitative estimate of drug-likeness (QED) is 0.694. The van der Waals surface area contributed by atoms with E-state index < -0.39 is 15.4 Å². The van der Waals surface area contributed by atoms with Gasteiger partial charge in [0.25, 0.3) is 0 Å². The Morgan fingerprint density at radius 1 is 1.36 bits per heavy atom. The number of sulfonamides is 1. The Morgan fingerprint density at radius 3 is 1.82 bits per heavy atom. The van der Waals surface area contributed by atoms with Gasteiger partial charge < -0.3 is 0 Å². The van der Waals surface area contributed by atoms with Gasteiger partial charge in [0.15, 0.2) is 0 Å². The first kappa shape index (κ1) is 13.7. The van der Waals surface area contributed by atoms with Crippen LogP contribution >= 0.6 is 12.4 Å². The average Bonchev–Trinajstić information content (AvgIpc) is 1.86. The maximum atomic E-state index is 11.0. The second-order valence-corrected chi connectivity index (χ2v) is 4.49. The Bertz CT molecular complexity index is 191. The molecule has 1 N–H and O–H groups in total. The topological polar surface area (TPSA) is 49.4 Å². The lowest BCUT2D eigenvalue weighted by atomic mass is 10.7. The highest BCUT2D eigenvalue weighted by atomic mass is 35.5. The molecule has 0 aromatic rings. The van der Waals surface area contributed by atoms with Gasteiger partial charge in [-0.05, 0) is 28.1 Å². The van der Waals surface area contributed by atoms with Gasteiger partial charge in [0.2, 0.25) is 10.0 Å². The van der Waals surface area contributed by atoms with Crippen molar-refractivity contribution >= 4 is 22.4 Å². The molecule has 0 saturated heterocycles. The molecule has 0 bridgehead atoms. The van der Waals surface area contributed by atoms with Gasteiger partial charge in [-0.2, -0.15) is 0 Å². The predicted octanol–water partition coefficient (Wildman–Crippen LogP) is -0.135. The molecule has 0 aliphatic rings. The van der Waals surface area contributed by atoms with E-state index in [1.54, 1.807) is 25.9 Å². The third-order valence-electron chi connectivity index (χ3n) is 1.46. The number of hydrogen-bond donors (Lipinski definition) is 1. The summed E-state index contributed by atoms with van der Waals surface area (Å²) in [6, 6.07) is 0. The molecular formula is C5H15ClN2O2S. The van der Waals surface area contributed by atoms with Gasteiger partial charge in [-0.1, -0.05) is 0 Å². The molecule has 0 spiro atoms. The molecule has 1 atom stereocenters. The van der Waals surface area contributed by atoms with Gasteiger partial charge in [-0.15, -0.1) is 12.4 Å². The van der Waals surface area contributed by atoms with Crippen LogP contribution in [0, 0.1) is 0 Å². The lowest BCUT2D eigenvalue weighted by molar-refractivity contribution is 0.379. The fraction of sp³-hybridized carbons (Fsp3) is 1.00. The van der Waals surface area contributed by atoms with Crippen molar-refractivity contribution < 1.29 is 8.42 Å². The minimum Gasteiger partial charge on any atom is -0.293 e. The molecule has 0 fully saturated rings. The molecule has 0 aromatic carbocycles. The van der Waals surface area contributed by atoms with Crippen LogP contribution in [0.5, 0.6) is 0 Å². The Kier molecular flexibility index (Phi) is 6.14. The Hall–Kier alpha value is 0.160. The van der Waals surface area contributed by atoms with Crippen LogP contribution in [-0.4, -0.2) is 39.8 Å². The van der Waals surface area contributed by atoms with Crippen molar-refractivity contribution in [3.63, 3.8) is 0 Å². The van der Waals surface area contributed by atoms with Crippen molar-refractivity contribution in [2.24, 2.45) is 0 Å². The molecule has 11 heavy (non-hydrogen) atoms. The van der Waals surface area contributed by atoms with Crippen molar-refractivity contribution in [1.29, 1.82) is 0 Å². The summed E-state index contributed by atoms with van der Waals surface area (Å²) in [4.78, 5) is 1.63. The lowest BCUT2D eigenvalue weighted by Gasteiger charge is -2.18. The third-order valence-corrected chi connectivity index (χ3v) is 3.35. The fourth-order valence-corrected chi connectivity index (χ4v) is 1.34. The summed E-state index contributed by atoms with van der Waals surface area (Å²) in [6.07, 6.45) is 0. The van der Waals surface area contributed by atoms with Gasteiger partial charge in [0.1, 0.15) is 5.37 Å². The van der Waals surface area contributed by atoms with Gasteiger partial charge in [0, 0.05) is 0 Å². The van der Waals surface area contributed by atoms with E-state index in [1.165, 1.54) is 7.05 Å². The zero-order chi connectivity index (χ0) is 8.36. The van der Waals surface area contributed by atoms with Gasteiger partial charge in [-0.3, -0.25) is 4.90 Å². The largest absolute Gasteiger partial charge is 0.293 e. The number of halogens is 1. The zero-order valence-electron chi connectivity index (χ0n) is 7.16. The van der Waals surface area contributed by atoms with Gasteiger partial charge in [0.05, 0.1) is 0 Å². The summed E-state index contributed by atoms with van der Waals surface area (Å²) < 4.78 is 24.2. The monoisotopic (exact) mass is 202 g/mol. The summed E-state index contributed by atoms with van der Waals surface area (Å²) in [6.45, 7) is 1.63. The van der Waals surface area contributed by atoms with E-state index in [9.17, 15) is 8.42 Å². The lowest BCUT2D eigenvalue weighted by Crippen LogP contribution is -2.39. The molecule has 0 radical (unpaired) electrons. The molecular weight excluding hydrogens is 188 g/mol. The van der Waals surface area contributed by atoms with E-state index >= 15 is 0 Å².